The molecule has 5 rings (SSSR count). The van der Waals surface area contributed by atoms with Crippen LogP contribution in [-0.4, -0.2) is 22.4 Å². The summed E-state index contributed by atoms with van der Waals surface area (Å²) < 4.78 is 12.7. The zero-order chi connectivity index (χ0) is 24.2. The van der Waals surface area contributed by atoms with Gasteiger partial charge in [0.05, 0.1) is 31.3 Å². The van der Waals surface area contributed by atoms with Crippen LogP contribution in [0.25, 0.3) is 28.0 Å². The lowest BCUT2D eigenvalue weighted by Crippen LogP contribution is -2.23. The monoisotopic (exact) mass is 485 g/mol. The summed E-state index contributed by atoms with van der Waals surface area (Å²) in [6.45, 7) is 0.362. The standard InChI is InChI=1S/C28H24ClN3O3/c1-34-21-11-8-19(9-12-21)28-25(13-15-27(33)30-17-22-5-4-16-35-22)32-18-20(10-14-26(32)31-28)23-6-2-3-7-24(23)29/h2-12,14,16,18H,13,15,17H2,1H3,(H,30,33). The second-order valence-corrected chi connectivity index (χ2v) is 8.52. The minimum atomic E-state index is -0.0562. The summed E-state index contributed by atoms with van der Waals surface area (Å²) in [6, 6.07) is 23.2. The number of carbonyl (C=O) groups is 1. The Kier molecular flexibility index (Phi) is 6.55. The van der Waals surface area contributed by atoms with Gasteiger partial charge in [0.2, 0.25) is 5.91 Å². The fourth-order valence-electron chi connectivity index (χ4n) is 4.09. The van der Waals surface area contributed by atoms with Gasteiger partial charge in [0.1, 0.15) is 17.2 Å². The van der Waals surface area contributed by atoms with Crippen molar-refractivity contribution in [3.63, 3.8) is 0 Å². The number of pyridine rings is 1. The van der Waals surface area contributed by atoms with Gasteiger partial charge in [0.15, 0.2) is 0 Å². The van der Waals surface area contributed by atoms with E-state index < -0.39 is 0 Å². The maximum Gasteiger partial charge on any atom is 0.220 e. The van der Waals surface area contributed by atoms with E-state index in [2.05, 4.69) is 9.72 Å². The molecule has 0 aliphatic rings. The maximum absolute atomic E-state index is 12.6. The Hall–Kier alpha value is -4.03. The van der Waals surface area contributed by atoms with Gasteiger partial charge in [-0.2, -0.15) is 0 Å². The fourth-order valence-corrected chi connectivity index (χ4v) is 4.33. The van der Waals surface area contributed by atoms with Crippen LogP contribution in [0, 0.1) is 0 Å². The van der Waals surface area contributed by atoms with Gasteiger partial charge in [0, 0.05) is 28.8 Å². The van der Waals surface area contributed by atoms with Crippen molar-refractivity contribution in [2.75, 3.05) is 7.11 Å². The van der Waals surface area contributed by atoms with E-state index in [0.717, 1.165) is 45.2 Å². The Morgan fingerprint density at radius 3 is 2.57 bits per heavy atom. The molecule has 3 heterocycles. The molecule has 0 aliphatic carbocycles. The third-order valence-corrected chi connectivity index (χ3v) is 6.22. The first kappa shape index (κ1) is 22.7. The summed E-state index contributed by atoms with van der Waals surface area (Å²) in [4.78, 5) is 17.5. The Bertz CT molecular complexity index is 1460. The third kappa shape index (κ3) is 4.93. The molecule has 2 aromatic carbocycles. The number of benzene rings is 2. The van der Waals surface area contributed by atoms with E-state index in [1.807, 2.05) is 72.9 Å². The number of amides is 1. The highest BCUT2D eigenvalue weighted by molar-refractivity contribution is 6.33. The number of methoxy groups -OCH3 is 1. The van der Waals surface area contributed by atoms with E-state index in [1.54, 1.807) is 19.4 Å². The molecule has 0 aliphatic heterocycles. The molecule has 0 bridgehead atoms. The number of halogens is 1. The predicted octanol–water partition coefficient (Wildman–Crippen LogP) is 6.17. The van der Waals surface area contributed by atoms with Crippen LogP contribution in [0.1, 0.15) is 17.9 Å². The van der Waals surface area contributed by atoms with Crippen LogP contribution in [0.3, 0.4) is 0 Å². The SMILES string of the molecule is COc1ccc(-c2nc3ccc(-c4ccccc4Cl)cn3c2CCC(=O)NCc2ccco2)cc1. The van der Waals surface area contributed by atoms with Crippen molar-refractivity contribution in [2.24, 2.45) is 0 Å². The largest absolute Gasteiger partial charge is 0.497 e. The van der Waals surface area contributed by atoms with Crippen molar-refractivity contribution >= 4 is 23.2 Å². The minimum absolute atomic E-state index is 0.0562. The number of ether oxygens (including phenoxy) is 1. The van der Waals surface area contributed by atoms with Crippen molar-refractivity contribution in [3.05, 3.63) is 102 Å². The van der Waals surface area contributed by atoms with Crippen LogP contribution in [0.4, 0.5) is 0 Å². The van der Waals surface area contributed by atoms with Crippen LogP contribution < -0.4 is 10.1 Å². The summed E-state index contributed by atoms with van der Waals surface area (Å²) in [7, 11) is 1.64. The van der Waals surface area contributed by atoms with Crippen molar-refractivity contribution in [1.82, 2.24) is 14.7 Å². The summed E-state index contributed by atoms with van der Waals surface area (Å²) in [5, 5.41) is 3.60. The number of nitrogens with zero attached hydrogens (tertiary/aromatic N) is 2. The van der Waals surface area contributed by atoms with Crippen LogP contribution in [0.15, 0.2) is 89.7 Å². The van der Waals surface area contributed by atoms with Gasteiger partial charge in [-0.3, -0.25) is 4.79 Å². The topological polar surface area (TPSA) is 68.8 Å². The molecular formula is C28H24ClN3O3. The van der Waals surface area contributed by atoms with E-state index in [0.29, 0.717) is 24.4 Å². The average molecular weight is 486 g/mol. The molecule has 0 fully saturated rings. The fraction of sp³-hybridized carbons (Fsp3) is 0.143. The Morgan fingerprint density at radius 2 is 1.83 bits per heavy atom. The van der Waals surface area contributed by atoms with Crippen molar-refractivity contribution in [2.45, 2.75) is 19.4 Å². The molecule has 0 unspecified atom stereocenters. The Morgan fingerprint density at radius 1 is 1.03 bits per heavy atom. The normalized spacial score (nSPS) is 11.0. The highest BCUT2D eigenvalue weighted by Gasteiger charge is 2.17. The average Bonchev–Trinajstić information content (AvgIpc) is 3.54. The molecule has 0 spiro atoms. The molecule has 176 valence electrons. The number of aryl methyl sites for hydroxylation is 1. The van der Waals surface area contributed by atoms with Gasteiger partial charge in [-0.25, -0.2) is 4.98 Å². The van der Waals surface area contributed by atoms with Gasteiger partial charge in [0.25, 0.3) is 0 Å². The lowest BCUT2D eigenvalue weighted by Gasteiger charge is -2.09. The molecule has 35 heavy (non-hydrogen) atoms. The number of nitrogens with one attached hydrogen (secondary N) is 1. The van der Waals surface area contributed by atoms with Gasteiger partial charge in [-0.15, -0.1) is 0 Å². The smallest absolute Gasteiger partial charge is 0.220 e. The quantitative estimate of drug-likeness (QED) is 0.285. The highest BCUT2D eigenvalue weighted by Crippen LogP contribution is 2.31. The van der Waals surface area contributed by atoms with E-state index in [9.17, 15) is 4.79 Å². The van der Waals surface area contributed by atoms with Crippen LogP contribution in [0.2, 0.25) is 5.02 Å². The van der Waals surface area contributed by atoms with Gasteiger partial charge >= 0.3 is 0 Å². The van der Waals surface area contributed by atoms with E-state index in [4.69, 9.17) is 25.7 Å². The summed E-state index contributed by atoms with van der Waals surface area (Å²) in [5.41, 5.74) is 5.47. The number of hydrogen-bond acceptors (Lipinski definition) is 4. The molecule has 0 saturated heterocycles. The molecule has 0 atom stereocenters. The number of aromatic nitrogens is 2. The summed E-state index contributed by atoms with van der Waals surface area (Å²) in [6.07, 6.45) is 4.46. The molecule has 3 aromatic heterocycles. The number of hydrogen-bond donors (Lipinski definition) is 1. The van der Waals surface area contributed by atoms with Gasteiger partial charge in [-0.1, -0.05) is 29.8 Å². The second kappa shape index (κ2) is 10.1. The molecule has 7 heteroatoms. The number of furan rings is 1. The number of imidazole rings is 1. The molecule has 0 saturated carbocycles. The van der Waals surface area contributed by atoms with Crippen LogP contribution in [-0.2, 0) is 17.8 Å². The van der Waals surface area contributed by atoms with E-state index in [-0.39, 0.29) is 5.91 Å². The molecule has 6 nitrogen and oxygen atoms in total. The summed E-state index contributed by atoms with van der Waals surface area (Å²) in [5.74, 6) is 1.44. The molecule has 1 amide bonds. The van der Waals surface area contributed by atoms with E-state index >= 15 is 0 Å². The molecule has 0 radical (unpaired) electrons. The third-order valence-electron chi connectivity index (χ3n) is 5.89. The molecule has 1 N–H and O–H groups in total. The molecular weight excluding hydrogens is 462 g/mol. The zero-order valence-corrected chi connectivity index (χ0v) is 20.0. The second-order valence-electron chi connectivity index (χ2n) is 8.12. The number of carbonyl (C=O) groups excluding carboxylic acids is 1. The predicted molar refractivity (Wildman–Crippen MR) is 137 cm³/mol. The number of fused-ring (bicyclic) bond motifs is 1. The highest BCUT2D eigenvalue weighted by atomic mass is 35.5. The van der Waals surface area contributed by atoms with Crippen LogP contribution >= 0.6 is 11.6 Å². The van der Waals surface area contributed by atoms with Crippen molar-refractivity contribution in [1.29, 1.82) is 0 Å². The van der Waals surface area contributed by atoms with E-state index in [1.165, 1.54) is 0 Å². The minimum Gasteiger partial charge on any atom is -0.497 e. The van der Waals surface area contributed by atoms with Crippen molar-refractivity contribution in [3.8, 4) is 28.1 Å². The van der Waals surface area contributed by atoms with Crippen molar-refractivity contribution < 1.29 is 13.9 Å². The van der Waals surface area contributed by atoms with Gasteiger partial charge < -0.3 is 18.9 Å². The first-order valence-corrected chi connectivity index (χ1v) is 11.7. The Balaban J connectivity index is 1.49. The Labute approximate surface area is 208 Å². The number of rotatable bonds is 8. The lowest BCUT2D eigenvalue weighted by atomic mass is 10.1. The van der Waals surface area contributed by atoms with Gasteiger partial charge in [-0.05, 0) is 66.6 Å². The first-order chi connectivity index (χ1) is 17.1. The summed E-state index contributed by atoms with van der Waals surface area (Å²) >= 11 is 6.46. The van der Waals surface area contributed by atoms with Crippen LogP contribution in [0.5, 0.6) is 5.75 Å². The lowest BCUT2D eigenvalue weighted by molar-refractivity contribution is -0.121. The zero-order valence-electron chi connectivity index (χ0n) is 19.2. The maximum atomic E-state index is 12.6. The molecule has 5 aromatic rings. The first-order valence-electron chi connectivity index (χ1n) is 11.3.